The number of hydrogen-bond donors (Lipinski definition) is 2. The van der Waals surface area contributed by atoms with Gasteiger partial charge in [0.2, 0.25) is 15.9 Å². The van der Waals surface area contributed by atoms with E-state index >= 15 is 0 Å². The monoisotopic (exact) mass is 579 g/mol. The van der Waals surface area contributed by atoms with E-state index < -0.39 is 32.0 Å². The molecule has 0 aliphatic heterocycles. The molecule has 0 spiro atoms. The Morgan fingerprint density at radius 1 is 0.857 bits per heavy atom. The molecule has 0 saturated heterocycles. The first kappa shape index (κ1) is 26.7. The Morgan fingerprint density at radius 2 is 1.43 bits per heavy atom. The second kappa shape index (κ2) is 10.4. The van der Waals surface area contributed by atoms with Crippen molar-refractivity contribution in [2.45, 2.75) is 31.7 Å². The maximum Gasteiger partial charge on any atom is 0.261 e. The minimum absolute atomic E-state index is 0.0133. The van der Waals surface area contributed by atoms with Gasteiger partial charge in [-0.25, -0.2) is 16.8 Å². The Hall–Kier alpha value is -2.89. The van der Waals surface area contributed by atoms with Crippen LogP contribution in [0, 0.1) is 13.8 Å². The summed E-state index contributed by atoms with van der Waals surface area (Å²) in [7, 11) is -7.59. The summed E-state index contributed by atoms with van der Waals surface area (Å²) in [5, 5.41) is 2.66. The highest BCUT2D eigenvalue weighted by molar-refractivity contribution is 9.10. The van der Waals surface area contributed by atoms with E-state index in [4.69, 9.17) is 0 Å². The summed E-state index contributed by atoms with van der Waals surface area (Å²) in [4.78, 5) is 12.9. The minimum Gasteiger partial charge on any atom is -0.324 e. The van der Waals surface area contributed by atoms with Gasteiger partial charge in [0.25, 0.3) is 10.0 Å². The molecule has 35 heavy (non-hydrogen) atoms. The number of rotatable bonds is 8. The number of hydrogen-bond acceptors (Lipinski definition) is 5. The van der Waals surface area contributed by atoms with Crippen molar-refractivity contribution in [1.82, 2.24) is 0 Å². The summed E-state index contributed by atoms with van der Waals surface area (Å²) >= 11 is 3.30. The molecule has 0 unspecified atom stereocenters. The number of nitrogens with one attached hydrogen (secondary N) is 2. The van der Waals surface area contributed by atoms with E-state index in [0.29, 0.717) is 17.1 Å². The van der Waals surface area contributed by atoms with Gasteiger partial charge in [0.05, 0.1) is 16.8 Å². The smallest absolute Gasteiger partial charge is 0.261 e. The van der Waals surface area contributed by atoms with Crippen molar-refractivity contribution in [2.24, 2.45) is 0 Å². The van der Waals surface area contributed by atoms with E-state index in [1.54, 1.807) is 42.5 Å². The van der Waals surface area contributed by atoms with Crippen LogP contribution in [0.15, 0.2) is 76.1 Å². The molecule has 0 saturated carbocycles. The average Bonchev–Trinajstić information content (AvgIpc) is 2.77. The molecule has 1 atom stereocenters. The van der Waals surface area contributed by atoms with Gasteiger partial charge in [-0.1, -0.05) is 22.0 Å². The average molecular weight is 581 g/mol. The second-order valence-electron chi connectivity index (χ2n) is 8.13. The highest BCUT2D eigenvalue weighted by Crippen LogP contribution is 2.25. The second-order valence-corrected chi connectivity index (χ2v) is 12.6. The number of aryl methyl sites for hydroxylation is 2. The summed E-state index contributed by atoms with van der Waals surface area (Å²) in [6, 6.07) is 16.4. The van der Waals surface area contributed by atoms with Crippen molar-refractivity contribution in [3.63, 3.8) is 0 Å². The van der Waals surface area contributed by atoms with Crippen molar-refractivity contribution < 1.29 is 21.6 Å². The first-order valence-corrected chi connectivity index (χ1v) is 14.7. The maximum absolute atomic E-state index is 12.9. The number of carbonyl (C=O) groups excluding carboxylic acids is 1. The molecule has 0 fully saturated rings. The van der Waals surface area contributed by atoms with Crippen LogP contribution >= 0.6 is 15.9 Å². The van der Waals surface area contributed by atoms with Crippen LogP contribution in [0.2, 0.25) is 0 Å². The molecule has 0 heterocycles. The van der Waals surface area contributed by atoms with Gasteiger partial charge in [-0.15, -0.1) is 0 Å². The molecule has 0 radical (unpaired) electrons. The van der Waals surface area contributed by atoms with Crippen molar-refractivity contribution in [2.75, 3.05) is 20.6 Å². The molecule has 2 N–H and O–H groups in total. The predicted octanol–water partition coefficient (Wildman–Crippen LogP) is 4.66. The van der Waals surface area contributed by atoms with Crippen LogP contribution in [0.1, 0.15) is 18.1 Å². The van der Waals surface area contributed by atoms with Gasteiger partial charge in [0.1, 0.15) is 6.04 Å². The van der Waals surface area contributed by atoms with Crippen LogP contribution in [0.25, 0.3) is 0 Å². The Balaban J connectivity index is 1.77. The van der Waals surface area contributed by atoms with Gasteiger partial charge in [0, 0.05) is 15.8 Å². The van der Waals surface area contributed by atoms with Gasteiger partial charge in [0.15, 0.2) is 0 Å². The molecule has 8 nitrogen and oxygen atoms in total. The standard InChI is InChI=1S/C24H26BrN3O5S2/c1-16-5-12-22(15-17(16)2)28(34(4,30)31)18(3)24(29)26-20-10-13-23(14-11-20)35(32,33)27-21-8-6-19(25)7-9-21/h5-15,18,27H,1-4H3,(H,26,29)/t18-/m1/s1. The lowest BCUT2D eigenvalue weighted by Gasteiger charge is -2.28. The zero-order valence-electron chi connectivity index (χ0n) is 19.6. The number of amides is 1. The molecule has 1 amide bonds. The van der Waals surface area contributed by atoms with Crippen LogP contribution in [-0.2, 0) is 24.8 Å². The number of benzene rings is 3. The number of sulfonamides is 2. The molecule has 0 aromatic heterocycles. The van der Waals surface area contributed by atoms with Crippen LogP contribution in [0.5, 0.6) is 0 Å². The summed E-state index contributed by atoms with van der Waals surface area (Å²) < 4.78 is 54.7. The Morgan fingerprint density at radius 3 is 1.97 bits per heavy atom. The highest BCUT2D eigenvalue weighted by Gasteiger charge is 2.29. The van der Waals surface area contributed by atoms with Gasteiger partial charge in [-0.05, 0) is 92.6 Å². The Labute approximate surface area is 214 Å². The minimum atomic E-state index is -3.83. The molecule has 0 aliphatic carbocycles. The molecule has 11 heteroatoms. The number of carbonyl (C=O) groups is 1. The molecule has 0 aliphatic rings. The van der Waals surface area contributed by atoms with E-state index in [9.17, 15) is 21.6 Å². The molecule has 0 bridgehead atoms. The summed E-state index contributed by atoms with van der Waals surface area (Å²) in [6.07, 6.45) is 1.05. The van der Waals surface area contributed by atoms with Gasteiger partial charge in [-0.3, -0.25) is 13.8 Å². The quantitative estimate of drug-likeness (QED) is 0.403. The maximum atomic E-state index is 12.9. The number of halogens is 1. The molecule has 186 valence electrons. The Bertz CT molecular complexity index is 1440. The van der Waals surface area contributed by atoms with Crippen LogP contribution < -0.4 is 14.3 Å². The van der Waals surface area contributed by atoms with E-state index in [2.05, 4.69) is 26.0 Å². The van der Waals surface area contributed by atoms with Crippen molar-refractivity contribution >= 4 is 58.9 Å². The molecular formula is C24H26BrN3O5S2. The van der Waals surface area contributed by atoms with Crippen LogP contribution in [0.4, 0.5) is 17.1 Å². The highest BCUT2D eigenvalue weighted by atomic mass is 79.9. The van der Waals surface area contributed by atoms with Gasteiger partial charge >= 0.3 is 0 Å². The lowest BCUT2D eigenvalue weighted by atomic mass is 10.1. The third-order valence-electron chi connectivity index (χ3n) is 5.36. The fraction of sp³-hybridized carbons (Fsp3) is 0.208. The first-order chi connectivity index (χ1) is 16.3. The third-order valence-corrected chi connectivity index (χ3v) is 8.53. The topological polar surface area (TPSA) is 113 Å². The zero-order valence-corrected chi connectivity index (χ0v) is 22.8. The zero-order chi connectivity index (χ0) is 26.0. The summed E-state index contributed by atoms with van der Waals surface area (Å²) in [5.41, 5.74) is 3.03. The molecular weight excluding hydrogens is 554 g/mol. The van der Waals surface area contributed by atoms with Gasteiger partial charge in [-0.2, -0.15) is 0 Å². The van der Waals surface area contributed by atoms with Gasteiger partial charge < -0.3 is 5.32 Å². The lowest BCUT2D eigenvalue weighted by molar-refractivity contribution is -0.116. The van der Waals surface area contributed by atoms with Crippen molar-refractivity contribution in [1.29, 1.82) is 0 Å². The SMILES string of the molecule is Cc1ccc(N([C@H](C)C(=O)Nc2ccc(S(=O)(=O)Nc3ccc(Br)cc3)cc2)S(C)(=O)=O)cc1C. The van der Waals surface area contributed by atoms with E-state index in [0.717, 1.165) is 26.2 Å². The predicted molar refractivity (Wildman–Crippen MR) is 143 cm³/mol. The van der Waals surface area contributed by atoms with E-state index in [-0.39, 0.29) is 4.90 Å². The normalized spacial score (nSPS) is 12.6. The molecule has 3 aromatic carbocycles. The number of nitrogens with zero attached hydrogens (tertiary/aromatic N) is 1. The fourth-order valence-corrected chi connectivity index (χ4v) is 5.86. The lowest BCUT2D eigenvalue weighted by Crippen LogP contribution is -2.45. The number of anilines is 3. The van der Waals surface area contributed by atoms with Crippen LogP contribution in [-0.4, -0.2) is 35.0 Å². The van der Waals surface area contributed by atoms with E-state index in [1.165, 1.54) is 31.2 Å². The molecule has 3 aromatic rings. The molecule has 3 rings (SSSR count). The fourth-order valence-electron chi connectivity index (χ4n) is 3.37. The summed E-state index contributed by atoms with van der Waals surface area (Å²) in [6.45, 7) is 5.27. The largest absolute Gasteiger partial charge is 0.324 e. The first-order valence-electron chi connectivity index (χ1n) is 10.5. The van der Waals surface area contributed by atoms with Crippen molar-refractivity contribution in [3.8, 4) is 0 Å². The third kappa shape index (κ3) is 6.62. The summed E-state index contributed by atoms with van der Waals surface area (Å²) in [5.74, 6) is -0.558. The van der Waals surface area contributed by atoms with Crippen LogP contribution in [0.3, 0.4) is 0 Å². The van der Waals surface area contributed by atoms with E-state index in [1.807, 2.05) is 13.8 Å². The Kier molecular flexibility index (Phi) is 7.93. The van der Waals surface area contributed by atoms with Crippen molar-refractivity contribution in [3.05, 3.63) is 82.3 Å².